The fraction of sp³-hybridized carbons (Fsp3) is 0.609. The number of benzene rings is 1. The third-order valence-corrected chi connectivity index (χ3v) is 5.74. The molecule has 184 valence electrons. The van der Waals surface area contributed by atoms with Gasteiger partial charge in [0.25, 0.3) is 11.8 Å². The Balaban J connectivity index is 2.22. The van der Waals surface area contributed by atoms with E-state index in [4.69, 9.17) is 19.7 Å². The third-order valence-electron chi connectivity index (χ3n) is 5.74. The molecule has 0 atom stereocenters. The molecule has 0 radical (unpaired) electrons. The summed E-state index contributed by atoms with van der Waals surface area (Å²) in [5.41, 5.74) is -1.35. The highest BCUT2D eigenvalue weighted by atomic mass is 16.5. The number of amides is 2. The largest absolute Gasteiger partial charge is 0.484 e. The summed E-state index contributed by atoms with van der Waals surface area (Å²) in [4.78, 5) is 40.1. The highest BCUT2D eigenvalue weighted by molar-refractivity contribution is 6.04. The Hall–Kier alpha value is -2.69. The van der Waals surface area contributed by atoms with E-state index in [1.165, 1.54) is 42.1 Å². The Morgan fingerprint density at radius 1 is 0.909 bits per heavy atom. The first-order valence-electron chi connectivity index (χ1n) is 11.1. The van der Waals surface area contributed by atoms with Crippen molar-refractivity contribution in [3.8, 4) is 11.5 Å². The molecule has 1 aromatic rings. The van der Waals surface area contributed by atoms with Crippen molar-refractivity contribution in [2.24, 2.45) is 0 Å². The van der Waals surface area contributed by atoms with Crippen LogP contribution in [0.1, 0.15) is 42.5 Å². The zero-order valence-electron chi connectivity index (χ0n) is 19.3. The van der Waals surface area contributed by atoms with Crippen LogP contribution in [-0.4, -0.2) is 102 Å². The molecule has 10 heteroatoms. The van der Waals surface area contributed by atoms with Gasteiger partial charge in [0.1, 0.15) is 17.1 Å². The van der Waals surface area contributed by atoms with Crippen LogP contribution in [0.2, 0.25) is 0 Å². The molecule has 0 aromatic heterocycles. The van der Waals surface area contributed by atoms with Gasteiger partial charge in [-0.15, -0.1) is 0 Å². The van der Waals surface area contributed by atoms with E-state index in [9.17, 15) is 19.5 Å². The van der Waals surface area contributed by atoms with Crippen molar-refractivity contribution in [1.29, 1.82) is 0 Å². The lowest BCUT2D eigenvalue weighted by Crippen LogP contribution is -2.40. The van der Waals surface area contributed by atoms with E-state index in [2.05, 4.69) is 0 Å². The molecular weight excluding hydrogens is 432 g/mol. The Morgan fingerprint density at radius 2 is 1.45 bits per heavy atom. The van der Waals surface area contributed by atoms with E-state index in [0.29, 0.717) is 12.8 Å². The van der Waals surface area contributed by atoms with E-state index >= 15 is 0 Å². The second-order valence-electron chi connectivity index (χ2n) is 8.23. The lowest BCUT2D eigenvalue weighted by Gasteiger charge is -2.31. The minimum absolute atomic E-state index is 0.0680. The molecule has 1 fully saturated rings. The maximum absolute atomic E-state index is 13.2. The van der Waals surface area contributed by atoms with Crippen LogP contribution in [0.25, 0.3) is 0 Å². The zero-order chi connectivity index (χ0) is 24.4. The predicted molar refractivity (Wildman–Crippen MR) is 119 cm³/mol. The number of aliphatic hydroxyl groups excluding tert-OH is 2. The fourth-order valence-electron chi connectivity index (χ4n) is 3.57. The number of aliphatic hydroxyl groups is 3. The first kappa shape index (κ1) is 26.6. The van der Waals surface area contributed by atoms with E-state index in [0.717, 1.165) is 19.3 Å². The van der Waals surface area contributed by atoms with Crippen molar-refractivity contribution in [2.75, 3.05) is 53.6 Å². The van der Waals surface area contributed by atoms with Crippen LogP contribution >= 0.6 is 0 Å². The molecule has 0 heterocycles. The predicted octanol–water partition coefficient (Wildman–Crippen LogP) is 0.223. The zero-order valence-corrected chi connectivity index (χ0v) is 19.3. The molecule has 0 spiro atoms. The molecule has 0 saturated heterocycles. The number of carbonyl (C=O) groups excluding carboxylic acids is 3. The van der Waals surface area contributed by atoms with E-state index in [-0.39, 0.29) is 62.5 Å². The molecule has 1 aromatic carbocycles. The van der Waals surface area contributed by atoms with Crippen LogP contribution in [0.3, 0.4) is 0 Å². The summed E-state index contributed by atoms with van der Waals surface area (Å²) < 4.78 is 11.2. The van der Waals surface area contributed by atoms with Crippen molar-refractivity contribution in [2.45, 2.75) is 37.7 Å². The van der Waals surface area contributed by atoms with Gasteiger partial charge in [0.15, 0.2) is 19.0 Å². The Labute approximate surface area is 193 Å². The number of rotatable bonds is 12. The normalized spacial score (nSPS) is 14.9. The van der Waals surface area contributed by atoms with E-state index in [1.54, 1.807) is 0 Å². The molecule has 3 N–H and O–H groups in total. The lowest BCUT2D eigenvalue weighted by molar-refractivity contribution is -0.133. The summed E-state index contributed by atoms with van der Waals surface area (Å²) >= 11 is 0. The van der Waals surface area contributed by atoms with Gasteiger partial charge in [0.2, 0.25) is 0 Å². The summed E-state index contributed by atoms with van der Waals surface area (Å²) in [6, 6.07) is 4.38. The third kappa shape index (κ3) is 7.41. The molecule has 0 unspecified atom stereocenters. The molecule has 10 nitrogen and oxygen atoms in total. The van der Waals surface area contributed by atoms with Crippen LogP contribution in [0.15, 0.2) is 18.2 Å². The Morgan fingerprint density at radius 3 is 2.00 bits per heavy atom. The average Bonchev–Trinajstić information content (AvgIpc) is 2.81. The highest BCUT2D eigenvalue weighted by Crippen LogP contribution is 2.35. The molecule has 2 rings (SSSR count). The molecule has 1 saturated carbocycles. The summed E-state index contributed by atoms with van der Waals surface area (Å²) in [6.07, 6.45) is 3.15. The number of likely N-dealkylation sites (N-methyl/N-ethyl adjacent to an activating group) is 2. The molecule has 2 amide bonds. The SMILES string of the molecule is CN(CCO)C(=O)COc1ccc(C(=O)C2(O)CCCCC2)c(OCC(=O)N(C)CCO)c1. The topological polar surface area (TPSA) is 137 Å². The summed E-state index contributed by atoms with van der Waals surface area (Å²) in [5, 5.41) is 28.9. The first-order valence-corrected chi connectivity index (χ1v) is 11.1. The quantitative estimate of drug-likeness (QED) is 0.372. The van der Waals surface area contributed by atoms with Gasteiger partial charge in [0.05, 0.1) is 18.8 Å². The first-order chi connectivity index (χ1) is 15.7. The molecular formula is C23H34N2O8. The number of hydrogen-bond donors (Lipinski definition) is 3. The maximum Gasteiger partial charge on any atom is 0.260 e. The fourth-order valence-corrected chi connectivity index (χ4v) is 3.57. The summed E-state index contributed by atoms with van der Waals surface area (Å²) in [7, 11) is 3.06. The van der Waals surface area contributed by atoms with Crippen LogP contribution < -0.4 is 9.47 Å². The molecule has 0 bridgehead atoms. The van der Waals surface area contributed by atoms with Crippen LogP contribution in [0.5, 0.6) is 11.5 Å². The minimum atomic E-state index is -1.49. The second kappa shape index (κ2) is 12.5. The number of Topliss-reactive ketones (excluding diaryl/α,β-unsaturated/α-hetero) is 1. The van der Waals surface area contributed by atoms with Gasteiger partial charge in [-0.3, -0.25) is 14.4 Å². The van der Waals surface area contributed by atoms with Crippen LogP contribution in [-0.2, 0) is 9.59 Å². The monoisotopic (exact) mass is 466 g/mol. The number of ketones is 1. The van der Waals surface area contributed by atoms with Gasteiger partial charge in [0, 0.05) is 33.3 Å². The van der Waals surface area contributed by atoms with Crippen molar-refractivity contribution in [1.82, 2.24) is 9.80 Å². The second-order valence-corrected chi connectivity index (χ2v) is 8.23. The van der Waals surface area contributed by atoms with Gasteiger partial charge in [-0.05, 0) is 25.0 Å². The van der Waals surface area contributed by atoms with Gasteiger partial charge in [-0.2, -0.15) is 0 Å². The molecule has 0 aliphatic heterocycles. The van der Waals surface area contributed by atoms with Gasteiger partial charge in [-0.25, -0.2) is 0 Å². The number of hydrogen-bond acceptors (Lipinski definition) is 8. The van der Waals surface area contributed by atoms with Crippen molar-refractivity contribution in [3.05, 3.63) is 23.8 Å². The summed E-state index contributed by atoms with van der Waals surface area (Å²) in [6.45, 7) is -0.714. The smallest absolute Gasteiger partial charge is 0.260 e. The van der Waals surface area contributed by atoms with Gasteiger partial charge >= 0.3 is 0 Å². The minimum Gasteiger partial charge on any atom is -0.484 e. The lowest BCUT2D eigenvalue weighted by atomic mass is 9.79. The Kier molecular flexibility index (Phi) is 10.1. The van der Waals surface area contributed by atoms with Crippen molar-refractivity contribution in [3.63, 3.8) is 0 Å². The molecule has 33 heavy (non-hydrogen) atoms. The number of carbonyl (C=O) groups is 3. The van der Waals surface area contributed by atoms with Crippen molar-refractivity contribution >= 4 is 17.6 Å². The van der Waals surface area contributed by atoms with Crippen LogP contribution in [0.4, 0.5) is 0 Å². The van der Waals surface area contributed by atoms with Gasteiger partial charge < -0.3 is 34.6 Å². The molecule has 1 aliphatic carbocycles. The maximum atomic E-state index is 13.2. The number of nitrogens with zero attached hydrogens (tertiary/aromatic N) is 2. The van der Waals surface area contributed by atoms with Gasteiger partial charge in [-0.1, -0.05) is 19.3 Å². The van der Waals surface area contributed by atoms with Crippen molar-refractivity contribution < 1.29 is 39.2 Å². The standard InChI is InChI=1S/C23H34N2O8/c1-24(10-12-26)20(28)15-32-17-6-7-18(22(30)23(31)8-4-3-5-9-23)19(14-17)33-16-21(29)25(2)11-13-27/h6-7,14,26-27,31H,3-5,8-13,15-16H2,1-2H3. The Bertz CT molecular complexity index is 823. The van der Waals surface area contributed by atoms with Crippen LogP contribution in [0, 0.1) is 0 Å². The number of ether oxygens (including phenoxy) is 2. The summed E-state index contributed by atoms with van der Waals surface area (Å²) in [5.74, 6) is -0.897. The molecule has 1 aliphatic rings. The van der Waals surface area contributed by atoms with E-state index in [1.807, 2.05) is 0 Å². The average molecular weight is 467 g/mol. The van der Waals surface area contributed by atoms with E-state index < -0.39 is 17.3 Å². The highest BCUT2D eigenvalue weighted by Gasteiger charge is 2.39.